The van der Waals surface area contributed by atoms with Crippen LogP contribution in [-0.4, -0.2) is 28.9 Å². The van der Waals surface area contributed by atoms with Gasteiger partial charge in [-0.1, -0.05) is 6.07 Å². The van der Waals surface area contributed by atoms with E-state index >= 15 is 0 Å². The van der Waals surface area contributed by atoms with Crippen molar-refractivity contribution < 1.29 is 9.66 Å². The Morgan fingerprint density at radius 2 is 2.25 bits per heavy atom. The highest BCUT2D eigenvalue weighted by Gasteiger charge is 2.15. The molecule has 1 aromatic heterocycles. The minimum absolute atomic E-state index is 0.0346. The summed E-state index contributed by atoms with van der Waals surface area (Å²) in [5, 5.41) is 18.2. The molecule has 2 rings (SSSR count). The minimum atomic E-state index is -0.447. The molecular weight excluding hydrogens is 260 g/mol. The van der Waals surface area contributed by atoms with Crippen molar-refractivity contribution in [2.75, 3.05) is 14.2 Å². The zero-order valence-corrected chi connectivity index (χ0v) is 11.4. The molecule has 0 spiro atoms. The van der Waals surface area contributed by atoms with Gasteiger partial charge in [-0.25, -0.2) is 0 Å². The Bertz CT molecular complexity index is 609. The molecule has 1 aromatic carbocycles. The van der Waals surface area contributed by atoms with E-state index in [1.54, 1.807) is 23.0 Å². The molecule has 0 bridgehead atoms. The van der Waals surface area contributed by atoms with E-state index < -0.39 is 4.92 Å². The van der Waals surface area contributed by atoms with Gasteiger partial charge >= 0.3 is 5.69 Å². The normalized spacial score (nSPS) is 10.5. The van der Waals surface area contributed by atoms with Crippen molar-refractivity contribution >= 4 is 5.69 Å². The number of aromatic nitrogens is 2. The van der Waals surface area contributed by atoms with Crippen LogP contribution in [0.3, 0.4) is 0 Å². The molecule has 0 radical (unpaired) electrons. The summed E-state index contributed by atoms with van der Waals surface area (Å²) in [7, 11) is 3.28. The van der Waals surface area contributed by atoms with Crippen LogP contribution in [-0.2, 0) is 13.1 Å². The predicted molar refractivity (Wildman–Crippen MR) is 73.7 cm³/mol. The van der Waals surface area contributed by atoms with Gasteiger partial charge in [0.1, 0.15) is 0 Å². The number of nitro groups is 1. The highest BCUT2D eigenvalue weighted by molar-refractivity contribution is 5.48. The van der Waals surface area contributed by atoms with Gasteiger partial charge in [0, 0.05) is 24.4 Å². The standard InChI is InChI=1S/C13H16N4O3/c1-14-6-11-7-15-16(9-11)8-10-3-4-13(20-2)12(5-10)17(18)19/h3-5,7,9,14H,6,8H2,1-2H3. The predicted octanol–water partition coefficient (Wildman–Crippen LogP) is 1.57. The van der Waals surface area contributed by atoms with Gasteiger partial charge in [-0.05, 0) is 18.7 Å². The van der Waals surface area contributed by atoms with Crippen LogP contribution < -0.4 is 10.1 Å². The van der Waals surface area contributed by atoms with Crippen molar-refractivity contribution in [2.24, 2.45) is 0 Å². The molecule has 7 heteroatoms. The molecular formula is C13H16N4O3. The molecule has 0 atom stereocenters. The minimum Gasteiger partial charge on any atom is -0.490 e. The molecule has 106 valence electrons. The van der Waals surface area contributed by atoms with Crippen LogP contribution in [0.4, 0.5) is 5.69 Å². The number of methoxy groups -OCH3 is 1. The van der Waals surface area contributed by atoms with Gasteiger partial charge < -0.3 is 10.1 Å². The van der Waals surface area contributed by atoms with E-state index in [4.69, 9.17) is 4.74 Å². The van der Waals surface area contributed by atoms with E-state index in [0.717, 1.165) is 17.7 Å². The van der Waals surface area contributed by atoms with Crippen molar-refractivity contribution in [1.29, 1.82) is 0 Å². The first-order valence-electron chi connectivity index (χ1n) is 6.11. The van der Waals surface area contributed by atoms with E-state index in [2.05, 4.69) is 10.4 Å². The van der Waals surface area contributed by atoms with Crippen molar-refractivity contribution in [1.82, 2.24) is 15.1 Å². The van der Waals surface area contributed by atoms with Crippen LogP contribution >= 0.6 is 0 Å². The van der Waals surface area contributed by atoms with E-state index in [1.165, 1.54) is 13.2 Å². The fourth-order valence-corrected chi connectivity index (χ4v) is 1.95. The summed E-state index contributed by atoms with van der Waals surface area (Å²) in [4.78, 5) is 10.5. The Labute approximate surface area is 116 Å². The molecule has 2 aromatic rings. The highest BCUT2D eigenvalue weighted by atomic mass is 16.6. The Hall–Kier alpha value is -2.41. The van der Waals surface area contributed by atoms with Gasteiger partial charge in [-0.2, -0.15) is 5.10 Å². The third kappa shape index (κ3) is 3.12. The first kappa shape index (κ1) is 14.0. The smallest absolute Gasteiger partial charge is 0.311 e. The second-order valence-electron chi connectivity index (χ2n) is 4.34. The summed E-state index contributed by atoms with van der Waals surface area (Å²) in [6.45, 7) is 1.22. The molecule has 1 N–H and O–H groups in total. The summed E-state index contributed by atoms with van der Waals surface area (Å²) < 4.78 is 6.72. The number of hydrogen-bond donors (Lipinski definition) is 1. The van der Waals surface area contributed by atoms with Crippen LogP contribution in [0.15, 0.2) is 30.6 Å². The third-order valence-electron chi connectivity index (χ3n) is 2.85. The highest BCUT2D eigenvalue weighted by Crippen LogP contribution is 2.27. The molecule has 0 saturated heterocycles. The second-order valence-corrected chi connectivity index (χ2v) is 4.34. The SMILES string of the molecule is CNCc1cnn(Cc2ccc(OC)c([N+](=O)[O-])c2)c1. The van der Waals surface area contributed by atoms with Crippen LogP contribution in [0.1, 0.15) is 11.1 Å². The fourth-order valence-electron chi connectivity index (χ4n) is 1.95. The van der Waals surface area contributed by atoms with Gasteiger partial charge in [0.05, 0.1) is 24.8 Å². The Kier molecular flexibility index (Phi) is 4.31. The first-order valence-corrected chi connectivity index (χ1v) is 6.11. The summed E-state index contributed by atoms with van der Waals surface area (Å²) >= 11 is 0. The van der Waals surface area contributed by atoms with Gasteiger partial charge in [0.15, 0.2) is 5.75 Å². The quantitative estimate of drug-likeness (QED) is 0.639. The van der Waals surface area contributed by atoms with E-state index in [0.29, 0.717) is 6.54 Å². The number of benzene rings is 1. The molecule has 0 aliphatic rings. The average Bonchev–Trinajstić information content (AvgIpc) is 2.86. The maximum absolute atomic E-state index is 11.0. The van der Waals surface area contributed by atoms with Crippen LogP contribution in [0.2, 0.25) is 0 Å². The van der Waals surface area contributed by atoms with Crippen LogP contribution in [0.5, 0.6) is 5.75 Å². The molecule has 0 unspecified atom stereocenters. The Morgan fingerprint density at radius 3 is 2.90 bits per heavy atom. The number of ether oxygens (including phenoxy) is 1. The first-order chi connectivity index (χ1) is 9.63. The summed E-state index contributed by atoms with van der Waals surface area (Å²) in [5.74, 6) is 0.259. The maximum Gasteiger partial charge on any atom is 0.311 e. The average molecular weight is 276 g/mol. The molecule has 0 amide bonds. The van der Waals surface area contributed by atoms with Crippen LogP contribution in [0.25, 0.3) is 0 Å². The van der Waals surface area contributed by atoms with Gasteiger partial charge in [0.2, 0.25) is 0 Å². The van der Waals surface area contributed by atoms with E-state index in [1.807, 2.05) is 13.2 Å². The number of nitro benzene ring substituents is 1. The largest absolute Gasteiger partial charge is 0.490 e. The second kappa shape index (κ2) is 6.16. The van der Waals surface area contributed by atoms with Gasteiger partial charge in [-0.3, -0.25) is 14.8 Å². The van der Waals surface area contributed by atoms with E-state index in [9.17, 15) is 10.1 Å². The summed E-state index contributed by atoms with van der Waals surface area (Å²) in [6.07, 6.45) is 3.68. The lowest BCUT2D eigenvalue weighted by molar-refractivity contribution is -0.385. The maximum atomic E-state index is 11.0. The third-order valence-corrected chi connectivity index (χ3v) is 2.85. The zero-order valence-electron chi connectivity index (χ0n) is 11.4. The summed E-state index contributed by atoms with van der Waals surface area (Å²) in [6, 6.07) is 4.91. The Morgan fingerprint density at radius 1 is 1.45 bits per heavy atom. The van der Waals surface area contributed by atoms with Crippen molar-refractivity contribution in [3.63, 3.8) is 0 Å². The molecule has 0 aliphatic carbocycles. The number of nitrogens with zero attached hydrogens (tertiary/aromatic N) is 3. The molecule has 0 fully saturated rings. The molecule has 1 heterocycles. The summed E-state index contributed by atoms with van der Waals surface area (Å²) in [5.41, 5.74) is 1.83. The lowest BCUT2D eigenvalue weighted by Crippen LogP contribution is -2.04. The fraction of sp³-hybridized carbons (Fsp3) is 0.308. The number of hydrogen-bond acceptors (Lipinski definition) is 5. The molecule has 0 aliphatic heterocycles. The molecule has 0 saturated carbocycles. The lowest BCUT2D eigenvalue weighted by atomic mass is 10.2. The lowest BCUT2D eigenvalue weighted by Gasteiger charge is -2.05. The Balaban J connectivity index is 2.20. The monoisotopic (exact) mass is 276 g/mol. The van der Waals surface area contributed by atoms with Gasteiger partial charge in [-0.15, -0.1) is 0 Å². The van der Waals surface area contributed by atoms with Crippen molar-refractivity contribution in [3.05, 3.63) is 51.8 Å². The van der Waals surface area contributed by atoms with E-state index in [-0.39, 0.29) is 11.4 Å². The topological polar surface area (TPSA) is 82.2 Å². The zero-order chi connectivity index (χ0) is 14.5. The number of nitrogens with one attached hydrogen (secondary N) is 1. The number of rotatable bonds is 6. The van der Waals surface area contributed by atoms with Crippen molar-refractivity contribution in [2.45, 2.75) is 13.1 Å². The van der Waals surface area contributed by atoms with Crippen LogP contribution in [0, 0.1) is 10.1 Å². The molecule has 7 nitrogen and oxygen atoms in total. The molecule has 20 heavy (non-hydrogen) atoms. The van der Waals surface area contributed by atoms with Gasteiger partial charge in [0.25, 0.3) is 0 Å². The van der Waals surface area contributed by atoms with Crippen molar-refractivity contribution in [3.8, 4) is 5.75 Å².